The van der Waals surface area contributed by atoms with E-state index in [2.05, 4.69) is 123 Å². The van der Waals surface area contributed by atoms with E-state index in [1.165, 1.54) is 34.2 Å². The maximum atomic E-state index is 12.8. The van der Waals surface area contributed by atoms with E-state index < -0.39 is 24.1 Å². The number of carbonyl (C=O) groups excluding carboxylic acids is 2. The van der Waals surface area contributed by atoms with Crippen LogP contribution in [-0.4, -0.2) is 262 Å². The quantitative estimate of drug-likeness (QED) is 0.0353. The number of carboxylic acids is 1. The fraction of sp³-hybridized carbons (Fsp3) is 0.341. The summed E-state index contributed by atoms with van der Waals surface area (Å²) in [6.07, 6.45) is 15.8. The van der Waals surface area contributed by atoms with Crippen LogP contribution in [0.3, 0.4) is 0 Å². The summed E-state index contributed by atoms with van der Waals surface area (Å²) in [5.41, 5.74) is 20.7. The molecule has 644 valence electrons. The van der Waals surface area contributed by atoms with Gasteiger partial charge in [-0.15, -0.1) is 11.6 Å². The number of rotatable bonds is 25. The first-order valence-corrected chi connectivity index (χ1v) is 42.3. The number of H-pyrrole nitrogens is 1. The number of nitrogens with zero attached hydrogens (tertiary/aromatic N) is 20. The molecule has 2 atom stereocenters. The number of aromatic carboxylic acids is 1. The summed E-state index contributed by atoms with van der Waals surface area (Å²) >= 11 is 5.55. The van der Waals surface area contributed by atoms with Crippen molar-refractivity contribution < 1.29 is 47.6 Å². The smallest absolute Gasteiger partial charge is 0.358 e. The molecule has 1 saturated carbocycles. The molecule has 31 nitrogen and oxygen atoms in total. The molecule has 4 N–H and O–H groups in total. The van der Waals surface area contributed by atoms with Gasteiger partial charge in [0, 0.05) is 195 Å². The minimum absolute atomic E-state index is 0.0189. The minimum Gasteiger partial charge on any atom is -0.476 e. The number of pyridine rings is 3. The van der Waals surface area contributed by atoms with Crippen molar-refractivity contribution in [1.82, 2.24) is 87.6 Å². The van der Waals surface area contributed by atoms with Gasteiger partial charge in [0.1, 0.15) is 23.1 Å². The summed E-state index contributed by atoms with van der Waals surface area (Å²) in [5, 5.41) is 27.2. The fourth-order valence-corrected chi connectivity index (χ4v) is 15.4. The van der Waals surface area contributed by atoms with Crippen molar-refractivity contribution in [2.45, 2.75) is 65.2 Å². The summed E-state index contributed by atoms with van der Waals surface area (Å²) in [7, 11) is 6.01. The van der Waals surface area contributed by atoms with Gasteiger partial charge in [-0.2, -0.15) is 15.3 Å². The first-order chi connectivity index (χ1) is 60.6. The minimum atomic E-state index is -1.08. The number of esters is 2. The van der Waals surface area contributed by atoms with Gasteiger partial charge in [0.25, 0.3) is 0 Å². The van der Waals surface area contributed by atoms with Gasteiger partial charge < -0.3 is 63.3 Å². The summed E-state index contributed by atoms with van der Waals surface area (Å²) in [4.78, 5) is 81.3. The Bertz CT molecular complexity index is 6080. The zero-order valence-electron chi connectivity index (χ0n) is 70.2. The van der Waals surface area contributed by atoms with Crippen LogP contribution in [0.4, 0.5) is 21.5 Å². The molecule has 3 saturated heterocycles. The van der Waals surface area contributed by atoms with E-state index in [1.54, 1.807) is 35.3 Å². The van der Waals surface area contributed by atoms with Crippen molar-refractivity contribution in [3.8, 4) is 33.8 Å². The van der Waals surface area contributed by atoms with Crippen LogP contribution in [-0.2, 0) is 56.4 Å². The molecular weight excluding hydrogens is 1600 g/mol. The topological polar surface area (TPSA) is 318 Å². The number of nitrogens with two attached hydrogens (primary N) is 1. The molecule has 0 unspecified atom stereocenters. The predicted molar refractivity (Wildman–Crippen MR) is 476 cm³/mol. The average molecular weight is 1700 g/mol. The maximum absolute atomic E-state index is 12.8. The van der Waals surface area contributed by atoms with E-state index in [9.17, 15) is 23.9 Å². The van der Waals surface area contributed by atoms with Gasteiger partial charge in [0.05, 0.1) is 106 Å². The highest BCUT2D eigenvalue weighted by molar-refractivity contribution is 6.18. The van der Waals surface area contributed by atoms with Gasteiger partial charge in [-0.3, -0.25) is 14.7 Å². The molecule has 1 aliphatic carbocycles. The van der Waals surface area contributed by atoms with Crippen LogP contribution in [0.1, 0.15) is 68.4 Å². The molecule has 4 fully saturated rings. The number of fused-ring (bicyclic) bond motifs is 6. The Kier molecular flexibility index (Phi) is 28.5. The molecule has 0 amide bonds. The standard InChI is InChI=1S/C30H33N7O3.C28H29N7O3.C24H22N6O2.C6H12ClNO.C3H6FN/c1-3-40-30(38)27-19-32-29-26(34(2)20-22-8-5-4-6-9-22)18-25(33-37(27)29)24-21-36(28-23(24)10-7-11-31-28)13-12-35-14-16-39-17-15-35;1-32(18-20-6-3-2-4-7-20)24-16-23(31-35-25(28(36)37)17-30-27(24)35)22-19-34(26-21(22)8-5-9-29-26)11-10-33-12-14-38-15-13-33;1-3-32-24(31)21-14-27-23-20(29(2)15-16-8-5-4-6-9-16)12-19(28-30(21)23)18-13-26-22-17(18)10-7-11-25-22;7-1-2-8-3-5-9-6-4-8;4-2-1-3(2)5/h4-11,18-19,21H,3,12-17,20H2,1-2H3;2-9,16-17,19H,10-15,18H2,1H3,(H,36,37);4-14H,3,15H2,1-2H3,(H,25,26);1-6H2;2-3H,1,5H2/t;;;;2-,3+/m....1/s1. The van der Waals surface area contributed by atoms with Crippen LogP contribution in [0.25, 0.3) is 83.8 Å². The number of benzene rings is 3. The number of hydrogen-bond acceptors (Lipinski definition) is 24. The molecule has 15 aromatic rings. The Morgan fingerprint density at radius 3 is 1.21 bits per heavy atom. The summed E-state index contributed by atoms with van der Waals surface area (Å²) in [6.45, 7) is 21.1. The van der Waals surface area contributed by atoms with Crippen LogP contribution in [0.15, 0.2) is 201 Å². The molecule has 0 bridgehead atoms. The number of carbonyl (C=O) groups is 3. The maximum Gasteiger partial charge on any atom is 0.358 e. The van der Waals surface area contributed by atoms with Crippen LogP contribution in [0.2, 0.25) is 0 Å². The molecule has 33 heteroatoms. The van der Waals surface area contributed by atoms with Crippen molar-refractivity contribution in [1.29, 1.82) is 0 Å². The van der Waals surface area contributed by atoms with Crippen LogP contribution >= 0.6 is 11.6 Å². The molecule has 15 heterocycles. The second-order valence-corrected chi connectivity index (χ2v) is 30.8. The number of anilines is 3. The third kappa shape index (κ3) is 20.6. The number of imidazole rings is 3. The highest BCUT2D eigenvalue weighted by atomic mass is 35.5. The Balaban J connectivity index is 0.000000133. The fourth-order valence-electron chi connectivity index (χ4n) is 15.2. The lowest BCUT2D eigenvalue weighted by Crippen LogP contribution is -2.38. The van der Waals surface area contributed by atoms with Crippen molar-refractivity contribution in [3.05, 3.63) is 235 Å². The molecule has 124 heavy (non-hydrogen) atoms. The molecule has 12 aromatic heterocycles. The lowest BCUT2D eigenvalue weighted by Gasteiger charge is -2.26. The van der Waals surface area contributed by atoms with Crippen molar-refractivity contribution in [2.75, 3.05) is 153 Å². The molecule has 19 rings (SSSR count). The molecule has 0 radical (unpaired) electrons. The van der Waals surface area contributed by atoms with Gasteiger partial charge in [0.15, 0.2) is 34.0 Å². The lowest BCUT2D eigenvalue weighted by molar-refractivity contribution is 0.0365. The van der Waals surface area contributed by atoms with E-state index in [0.29, 0.717) is 60.1 Å². The second-order valence-electron chi connectivity index (χ2n) is 30.4. The van der Waals surface area contributed by atoms with Crippen LogP contribution in [0.5, 0.6) is 0 Å². The Labute approximate surface area is 721 Å². The highest BCUT2D eigenvalue weighted by Crippen LogP contribution is 2.37. The predicted octanol–water partition coefficient (Wildman–Crippen LogP) is 12.0. The molecule has 3 aliphatic heterocycles. The third-order valence-electron chi connectivity index (χ3n) is 21.9. The SMILES string of the molecule is CCOC(=O)c1cnc2c(N(C)Cc3ccccc3)cc(-c3c[nH]c4ncccc34)nn12.CCOC(=O)c1cnc2c(N(C)Cc3ccccc3)cc(-c3cn(CCN4CCOCC4)c4ncccc34)nn12.CN(Cc1ccccc1)c1cc(-c2cn(CCN3CCOCC3)c3ncccc23)nn2c(C(=O)O)cnc12.ClCCN1CCOCC1.N[C@H]1C[C@H]1F. The van der Waals surface area contributed by atoms with Gasteiger partial charge in [0.2, 0.25) is 0 Å². The number of halogens is 2. The van der Waals surface area contributed by atoms with Gasteiger partial charge >= 0.3 is 17.9 Å². The first-order valence-electron chi connectivity index (χ1n) is 41.8. The highest BCUT2D eigenvalue weighted by Gasteiger charge is 2.33. The number of alkyl halides is 2. The van der Waals surface area contributed by atoms with E-state index in [4.69, 9.17) is 61.3 Å². The van der Waals surface area contributed by atoms with Crippen LogP contribution < -0.4 is 20.4 Å². The monoisotopic (exact) mass is 1700 g/mol. The average Bonchev–Trinajstić information content (AvgIpc) is 1.59. The first kappa shape index (κ1) is 86.3. The molecule has 0 spiro atoms. The summed E-state index contributed by atoms with van der Waals surface area (Å²) in [6, 6.07) is 48.4. The molecule has 4 aliphatic rings. The summed E-state index contributed by atoms with van der Waals surface area (Å²) < 4.78 is 47.0. The second kappa shape index (κ2) is 41.0. The normalized spacial score (nSPS) is 15.5. The van der Waals surface area contributed by atoms with Crippen molar-refractivity contribution in [2.24, 2.45) is 5.73 Å². The lowest BCUT2D eigenvalue weighted by atomic mass is 10.1. The van der Waals surface area contributed by atoms with Gasteiger partial charge in [-0.1, -0.05) is 91.0 Å². The van der Waals surface area contributed by atoms with Crippen molar-refractivity contribution in [3.63, 3.8) is 0 Å². The van der Waals surface area contributed by atoms with Crippen molar-refractivity contribution >= 4 is 96.6 Å². The van der Waals surface area contributed by atoms with Gasteiger partial charge in [-0.25, -0.2) is 62.2 Å². The zero-order chi connectivity index (χ0) is 86.0. The Morgan fingerprint density at radius 1 is 0.484 bits per heavy atom. The number of aromatic nitrogens is 15. The number of hydrogen-bond donors (Lipinski definition) is 3. The molecular formula is C91H102ClFN22O9. The number of carboxylic acid groups (broad SMARTS) is 1. The van der Waals surface area contributed by atoms with Crippen LogP contribution in [0, 0.1) is 0 Å². The zero-order valence-corrected chi connectivity index (χ0v) is 70.9. The van der Waals surface area contributed by atoms with E-state index in [-0.39, 0.29) is 30.6 Å². The molecule has 3 aromatic carbocycles. The van der Waals surface area contributed by atoms with E-state index in [1.807, 2.05) is 137 Å². The Morgan fingerprint density at radius 2 is 0.839 bits per heavy atom. The Hall–Kier alpha value is -12.7. The van der Waals surface area contributed by atoms with E-state index >= 15 is 0 Å². The number of morpholine rings is 3. The van der Waals surface area contributed by atoms with Gasteiger partial charge in [-0.05, 0) is 91.6 Å². The third-order valence-corrected chi connectivity index (χ3v) is 22.1. The number of aromatic amines is 1. The largest absolute Gasteiger partial charge is 0.476 e. The number of ether oxygens (including phenoxy) is 5. The summed E-state index contributed by atoms with van der Waals surface area (Å²) in [5.74, 6) is -1.25. The van der Waals surface area contributed by atoms with E-state index in [0.717, 1.165) is 196 Å². The number of nitrogens with one attached hydrogen (secondary N) is 1.